The van der Waals surface area contributed by atoms with Crippen LogP contribution in [0.15, 0.2) is 0 Å². The van der Waals surface area contributed by atoms with Crippen LogP contribution in [-0.4, -0.2) is 19.1 Å². The van der Waals surface area contributed by atoms with Crippen LogP contribution in [0.5, 0.6) is 0 Å². The average Bonchev–Trinajstić information content (AvgIpc) is 2.48. The molecular weight excluding hydrogens is 246 g/mol. The van der Waals surface area contributed by atoms with E-state index in [1.54, 1.807) is 0 Å². The molecule has 0 heterocycles. The molecule has 6 N–H and O–H groups in total. The first-order valence-electron chi connectivity index (χ1n) is 8.85. The van der Waals surface area contributed by atoms with Crippen molar-refractivity contribution in [3.8, 4) is 0 Å². The molecule has 1 fully saturated rings. The van der Waals surface area contributed by atoms with Gasteiger partial charge in [-0.25, -0.2) is 0 Å². The van der Waals surface area contributed by atoms with E-state index in [9.17, 15) is 0 Å². The summed E-state index contributed by atoms with van der Waals surface area (Å²) in [6.07, 6.45) is 12.9. The van der Waals surface area contributed by atoms with E-state index >= 15 is 0 Å². The molecule has 1 rings (SSSR count). The minimum absolute atomic E-state index is 0.351. The summed E-state index contributed by atoms with van der Waals surface area (Å²) >= 11 is 0. The molecule has 20 heavy (non-hydrogen) atoms. The normalized spacial score (nSPS) is 21.6. The fraction of sp³-hybridized carbons (Fsp3) is 1.00. The standard InChI is InChI=1S/C17H37N3/c1-2-14(12-18)8-9-16(13-19)11-17(20)10-15-6-4-3-5-7-15/h14-17H,2-13,18-20H2,1H3. The summed E-state index contributed by atoms with van der Waals surface area (Å²) in [5, 5.41) is 0. The Morgan fingerprint density at radius 1 is 0.950 bits per heavy atom. The molecule has 3 unspecified atom stereocenters. The maximum absolute atomic E-state index is 6.37. The molecule has 1 saturated carbocycles. The van der Waals surface area contributed by atoms with Gasteiger partial charge in [0.1, 0.15) is 0 Å². The van der Waals surface area contributed by atoms with Crippen molar-refractivity contribution in [3.05, 3.63) is 0 Å². The molecule has 0 radical (unpaired) electrons. The van der Waals surface area contributed by atoms with Gasteiger partial charge in [-0.15, -0.1) is 0 Å². The summed E-state index contributed by atoms with van der Waals surface area (Å²) < 4.78 is 0. The van der Waals surface area contributed by atoms with Crippen molar-refractivity contribution in [1.29, 1.82) is 0 Å². The van der Waals surface area contributed by atoms with Gasteiger partial charge in [0.05, 0.1) is 0 Å². The number of nitrogens with two attached hydrogens (primary N) is 3. The van der Waals surface area contributed by atoms with Gasteiger partial charge in [-0.2, -0.15) is 0 Å². The third-order valence-electron chi connectivity index (χ3n) is 5.22. The van der Waals surface area contributed by atoms with E-state index in [0.29, 0.717) is 17.9 Å². The predicted octanol–water partition coefficient (Wildman–Crippen LogP) is 3.01. The Bertz CT molecular complexity index is 222. The van der Waals surface area contributed by atoms with Crippen LogP contribution in [0.1, 0.15) is 71.1 Å². The first kappa shape index (κ1) is 17.9. The van der Waals surface area contributed by atoms with E-state index in [1.807, 2.05) is 0 Å². The van der Waals surface area contributed by atoms with Gasteiger partial charge >= 0.3 is 0 Å². The van der Waals surface area contributed by atoms with E-state index in [2.05, 4.69) is 6.92 Å². The van der Waals surface area contributed by atoms with Gasteiger partial charge in [-0.3, -0.25) is 0 Å². The smallest absolute Gasteiger partial charge is 0.00445 e. The number of rotatable bonds is 10. The van der Waals surface area contributed by atoms with Crippen molar-refractivity contribution in [2.45, 2.75) is 77.2 Å². The summed E-state index contributed by atoms with van der Waals surface area (Å²) in [5.41, 5.74) is 18.1. The molecule has 0 amide bonds. The molecular formula is C17H37N3. The van der Waals surface area contributed by atoms with E-state index in [0.717, 1.165) is 25.4 Å². The highest BCUT2D eigenvalue weighted by atomic mass is 14.6. The van der Waals surface area contributed by atoms with Crippen molar-refractivity contribution >= 4 is 0 Å². The molecule has 0 bridgehead atoms. The zero-order chi connectivity index (χ0) is 14.8. The zero-order valence-corrected chi connectivity index (χ0v) is 13.5. The van der Waals surface area contributed by atoms with E-state index in [1.165, 1.54) is 57.8 Å². The quantitative estimate of drug-likeness (QED) is 0.576. The summed E-state index contributed by atoms with van der Waals surface area (Å²) in [5.74, 6) is 2.14. The lowest BCUT2D eigenvalue weighted by atomic mass is 9.82. The minimum Gasteiger partial charge on any atom is -0.330 e. The summed E-state index contributed by atoms with van der Waals surface area (Å²) in [6.45, 7) is 3.81. The molecule has 3 heteroatoms. The Hall–Kier alpha value is -0.120. The lowest BCUT2D eigenvalue weighted by molar-refractivity contribution is 0.286. The summed E-state index contributed by atoms with van der Waals surface area (Å²) in [7, 11) is 0. The van der Waals surface area contributed by atoms with Crippen LogP contribution in [0.2, 0.25) is 0 Å². The maximum Gasteiger partial charge on any atom is 0.00445 e. The first-order chi connectivity index (χ1) is 9.69. The van der Waals surface area contributed by atoms with Crippen LogP contribution in [0.3, 0.4) is 0 Å². The van der Waals surface area contributed by atoms with Crippen molar-refractivity contribution < 1.29 is 0 Å². The van der Waals surface area contributed by atoms with Gasteiger partial charge in [0, 0.05) is 6.04 Å². The second-order valence-corrected chi connectivity index (χ2v) is 6.92. The molecule has 0 saturated heterocycles. The third-order valence-corrected chi connectivity index (χ3v) is 5.22. The first-order valence-corrected chi connectivity index (χ1v) is 8.85. The van der Waals surface area contributed by atoms with Gasteiger partial charge in [0.25, 0.3) is 0 Å². The summed E-state index contributed by atoms with van der Waals surface area (Å²) in [6, 6.07) is 0.351. The Morgan fingerprint density at radius 3 is 2.10 bits per heavy atom. The molecule has 1 aliphatic rings. The Morgan fingerprint density at radius 2 is 1.55 bits per heavy atom. The number of hydrogen-bond donors (Lipinski definition) is 3. The second-order valence-electron chi connectivity index (χ2n) is 6.92. The van der Waals surface area contributed by atoms with Crippen molar-refractivity contribution in [1.82, 2.24) is 0 Å². The zero-order valence-electron chi connectivity index (χ0n) is 13.5. The fourth-order valence-corrected chi connectivity index (χ4v) is 3.67. The molecule has 0 spiro atoms. The highest BCUT2D eigenvalue weighted by molar-refractivity contribution is 4.76. The molecule has 1 aliphatic carbocycles. The molecule has 0 aromatic carbocycles. The average molecular weight is 284 g/mol. The van der Waals surface area contributed by atoms with Gasteiger partial charge in [-0.05, 0) is 56.5 Å². The molecule has 120 valence electrons. The van der Waals surface area contributed by atoms with Gasteiger partial charge in [0.2, 0.25) is 0 Å². The highest BCUT2D eigenvalue weighted by Gasteiger charge is 2.19. The van der Waals surface area contributed by atoms with Crippen LogP contribution >= 0.6 is 0 Å². The van der Waals surface area contributed by atoms with E-state index in [-0.39, 0.29) is 0 Å². The van der Waals surface area contributed by atoms with Crippen molar-refractivity contribution in [2.75, 3.05) is 13.1 Å². The molecule has 3 atom stereocenters. The van der Waals surface area contributed by atoms with Crippen LogP contribution < -0.4 is 17.2 Å². The Balaban J connectivity index is 2.23. The molecule has 0 aromatic heterocycles. The van der Waals surface area contributed by atoms with Crippen LogP contribution in [0.4, 0.5) is 0 Å². The fourth-order valence-electron chi connectivity index (χ4n) is 3.67. The minimum atomic E-state index is 0.351. The van der Waals surface area contributed by atoms with Crippen molar-refractivity contribution in [2.24, 2.45) is 35.0 Å². The molecule has 3 nitrogen and oxygen atoms in total. The highest BCUT2D eigenvalue weighted by Crippen LogP contribution is 2.28. The number of hydrogen-bond acceptors (Lipinski definition) is 3. The topological polar surface area (TPSA) is 78.1 Å². The van der Waals surface area contributed by atoms with Gasteiger partial charge in [-0.1, -0.05) is 45.4 Å². The van der Waals surface area contributed by atoms with Crippen LogP contribution in [0.25, 0.3) is 0 Å². The third kappa shape index (κ3) is 7.05. The van der Waals surface area contributed by atoms with Gasteiger partial charge < -0.3 is 17.2 Å². The van der Waals surface area contributed by atoms with E-state index < -0.39 is 0 Å². The lowest BCUT2D eigenvalue weighted by Crippen LogP contribution is -2.30. The predicted molar refractivity (Wildman–Crippen MR) is 88.4 cm³/mol. The SMILES string of the molecule is CCC(CN)CCC(CN)CC(N)CC1CCCCC1. The maximum atomic E-state index is 6.37. The second kappa shape index (κ2) is 10.6. The largest absolute Gasteiger partial charge is 0.330 e. The lowest BCUT2D eigenvalue weighted by Gasteiger charge is -2.27. The Labute approximate surface area is 126 Å². The van der Waals surface area contributed by atoms with E-state index in [4.69, 9.17) is 17.2 Å². The summed E-state index contributed by atoms with van der Waals surface area (Å²) in [4.78, 5) is 0. The molecule has 0 aromatic rings. The van der Waals surface area contributed by atoms with Crippen molar-refractivity contribution in [3.63, 3.8) is 0 Å². The monoisotopic (exact) mass is 283 g/mol. The van der Waals surface area contributed by atoms with Gasteiger partial charge in [0.15, 0.2) is 0 Å². The van der Waals surface area contributed by atoms with Crippen LogP contribution in [-0.2, 0) is 0 Å². The van der Waals surface area contributed by atoms with Crippen LogP contribution in [0, 0.1) is 17.8 Å². The molecule has 0 aliphatic heterocycles. The Kier molecular flexibility index (Phi) is 9.49.